The molecule has 6 amide bonds. The molecule has 2 atom stereocenters. The maximum absolute atomic E-state index is 13.7. The number of carbonyl (C=O) groups excluding carboxylic acids is 6. The third-order valence-electron chi connectivity index (χ3n) is 17.0. The third kappa shape index (κ3) is 14.8. The fourth-order valence-electron chi connectivity index (χ4n) is 11.6. The molecule has 0 radical (unpaired) electrons. The minimum atomic E-state index is -0.652. The van der Waals surface area contributed by atoms with Crippen LogP contribution in [0.3, 0.4) is 0 Å². The van der Waals surface area contributed by atoms with Gasteiger partial charge in [-0.15, -0.1) is 0 Å². The van der Waals surface area contributed by atoms with Gasteiger partial charge in [0.1, 0.15) is 37.5 Å². The number of anilines is 2. The Kier molecular flexibility index (Phi) is 19.9. The number of hydrogen-bond donors (Lipinski definition) is 2. The standard InChI is InChI=1S/C68H72N12O14/c1-43-19-24-79(60(81)18-22-69)38-56(43)77(5)62-52-21-26-80(63(52)72-41-71-62)66(84)74(2)28-29-76(4)67(85)91-39-44-9-14-50(15-10-44)73-65(83)90-40-45-8-11-47-33-51(16-12-46(47)32-45)88-30-7-31-89-64(82)70-23-27-75(3)68(86)94-61-54-37-78-25-20-49-35-58-59(93-42-92-58)36-53(49)55(78)34-48(54)13-17-57(61)87-6/h8-17,21,26,32-37,41,43,56H,7,18-20,23-25,27-31,38-40,42H2,1-6H3,(H-,70,73,82,83)/p+1/t43-,56+/m0/s1. The Bertz CT molecular complexity index is 4210. The third-order valence-corrected chi connectivity index (χ3v) is 17.0. The van der Waals surface area contributed by atoms with E-state index < -0.39 is 24.4 Å². The average Bonchev–Trinajstić information content (AvgIpc) is 1.07. The summed E-state index contributed by atoms with van der Waals surface area (Å²) in [4.78, 5) is 94.9. The molecule has 26 heteroatoms. The highest BCUT2D eigenvalue weighted by Gasteiger charge is 2.34. The van der Waals surface area contributed by atoms with Gasteiger partial charge in [-0.05, 0) is 106 Å². The number of hydrogen-bond acceptors (Lipinski definition) is 18. The number of carbonyl (C=O) groups is 6. The van der Waals surface area contributed by atoms with Crippen molar-refractivity contribution in [3.05, 3.63) is 132 Å². The number of nitrogens with zero attached hydrogens (tertiary/aromatic N) is 10. The number of ether oxygens (including phenoxy) is 8. The smallest absolute Gasteiger partial charge is 0.415 e. The van der Waals surface area contributed by atoms with Crippen LogP contribution in [0.15, 0.2) is 116 Å². The second-order valence-corrected chi connectivity index (χ2v) is 23.3. The molecule has 0 unspecified atom stereocenters. The van der Waals surface area contributed by atoms with E-state index in [1.807, 2.05) is 78.8 Å². The van der Waals surface area contributed by atoms with Crippen molar-refractivity contribution in [3.63, 3.8) is 0 Å². The molecule has 3 aliphatic rings. The predicted molar refractivity (Wildman–Crippen MR) is 345 cm³/mol. The Morgan fingerprint density at radius 1 is 0.766 bits per heavy atom. The Labute approximate surface area is 541 Å². The average molecular weight is 1280 g/mol. The van der Waals surface area contributed by atoms with Gasteiger partial charge in [-0.25, -0.2) is 33.9 Å². The molecule has 5 aromatic carbocycles. The lowest BCUT2D eigenvalue weighted by molar-refractivity contribution is -0.686. The van der Waals surface area contributed by atoms with Crippen molar-refractivity contribution in [2.24, 2.45) is 5.92 Å². The summed E-state index contributed by atoms with van der Waals surface area (Å²) in [6.45, 7) is 5.12. The Morgan fingerprint density at radius 3 is 2.32 bits per heavy atom. The number of aromatic nitrogens is 4. The van der Waals surface area contributed by atoms with Crippen LogP contribution >= 0.6 is 0 Å². The number of amides is 6. The molecule has 26 nitrogen and oxygen atoms in total. The van der Waals surface area contributed by atoms with Gasteiger partial charge < -0.3 is 67.7 Å². The number of piperidine rings is 1. The number of likely N-dealkylation sites (tertiary alicyclic amines) is 1. The van der Waals surface area contributed by atoms with E-state index >= 15 is 0 Å². The van der Waals surface area contributed by atoms with Crippen LogP contribution < -0.4 is 43.8 Å². The van der Waals surface area contributed by atoms with Crippen LogP contribution in [0.5, 0.6) is 28.7 Å². The van der Waals surface area contributed by atoms with Gasteiger partial charge in [-0.2, -0.15) is 9.83 Å². The summed E-state index contributed by atoms with van der Waals surface area (Å²) in [5.74, 6) is 3.46. The summed E-state index contributed by atoms with van der Waals surface area (Å²) in [5, 5.41) is 18.5. The number of alkyl carbamates (subject to hydrolysis) is 1. The van der Waals surface area contributed by atoms with E-state index in [0.717, 1.165) is 58.1 Å². The number of nitrogens with one attached hydrogen (secondary N) is 2. The van der Waals surface area contributed by atoms with Crippen LogP contribution in [-0.2, 0) is 45.2 Å². The summed E-state index contributed by atoms with van der Waals surface area (Å²) in [7, 11) is 8.23. The summed E-state index contributed by atoms with van der Waals surface area (Å²) in [6, 6.07) is 31.2. The van der Waals surface area contributed by atoms with E-state index in [0.29, 0.717) is 82.6 Å². The quantitative estimate of drug-likeness (QED) is 0.0385. The predicted octanol–water partition coefficient (Wildman–Crippen LogP) is 9.12. The largest absolute Gasteiger partial charge is 0.493 e. The first kappa shape index (κ1) is 64.4. The molecule has 1 fully saturated rings. The minimum Gasteiger partial charge on any atom is -0.493 e. The number of likely N-dealkylation sites (N-methyl/N-ethyl adjacent to an activating group) is 4. The van der Waals surface area contributed by atoms with Crippen molar-refractivity contribution in [2.75, 3.05) is 105 Å². The van der Waals surface area contributed by atoms with E-state index in [-0.39, 0.29) is 83.1 Å². The van der Waals surface area contributed by atoms with Gasteiger partial charge in [0.25, 0.3) is 0 Å². The number of benzene rings is 5. The van der Waals surface area contributed by atoms with Crippen molar-refractivity contribution in [3.8, 4) is 46.1 Å². The maximum Gasteiger partial charge on any atom is 0.415 e. The Hall–Kier alpha value is -11.1. The van der Waals surface area contributed by atoms with Gasteiger partial charge in [0, 0.05) is 98.3 Å². The molecule has 2 N–H and O–H groups in total. The second-order valence-electron chi connectivity index (χ2n) is 23.3. The van der Waals surface area contributed by atoms with Crippen molar-refractivity contribution >= 4 is 80.4 Å². The van der Waals surface area contributed by atoms with Crippen molar-refractivity contribution in [1.29, 1.82) is 5.26 Å². The van der Waals surface area contributed by atoms with Crippen molar-refractivity contribution < 1.29 is 71.2 Å². The molecular weight excluding hydrogens is 1210 g/mol. The Balaban J connectivity index is 0.554. The van der Waals surface area contributed by atoms with Gasteiger partial charge in [-0.3, -0.25) is 14.7 Å². The number of rotatable bonds is 21. The molecule has 0 saturated carbocycles. The zero-order chi connectivity index (χ0) is 66.0. The number of aryl methyl sites for hydroxylation is 2. The molecule has 6 heterocycles. The zero-order valence-electron chi connectivity index (χ0n) is 53.1. The summed E-state index contributed by atoms with van der Waals surface area (Å²) in [5.41, 5.74) is 5.59. The summed E-state index contributed by atoms with van der Waals surface area (Å²) < 4.78 is 48.7. The van der Waals surface area contributed by atoms with Crippen LogP contribution in [0, 0.1) is 17.2 Å². The highest BCUT2D eigenvalue weighted by Crippen LogP contribution is 2.42. The molecule has 0 aliphatic carbocycles. The van der Waals surface area contributed by atoms with Crippen LogP contribution in [0.2, 0.25) is 0 Å². The van der Waals surface area contributed by atoms with Crippen molar-refractivity contribution in [1.82, 2.24) is 39.5 Å². The topological polar surface area (TPSA) is 275 Å². The number of pyridine rings is 1. The molecule has 3 aromatic heterocycles. The maximum atomic E-state index is 13.7. The molecule has 3 aliphatic heterocycles. The van der Waals surface area contributed by atoms with Crippen LogP contribution in [0.1, 0.15) is 42.9 Å². The second kappa shape index (κ2) is 29.0. The Morgan fingerprint density at radius 2 is 1.51 bits per heavy atom. The zero-order valence-corrected chi connectivity index (χ0v) is 53.1. The molecule has 488 valence electrons. The fourth-order valence-corrected chi connectivity index (χ4v) is 11.6. The first-order chi connectivity index (χ1) is 45.5. The van der Waals surface area contributed by atoms with Crippen LogP contribution in [0.25, 0.3) is 43.8 Å². The minimum absolute atomic E-state index is 0.0191. The molecule has 11 rings (SSSR count). The van der Waals surface area contributed by atoms with E-state index in [2.05, 4.69) is 38.2 Å². The van der Waals surface area contributed by atoms with Gasteiger partial charge in [0.05, 0.1) is 48.8 Å². The van der Waals surface area contributed by atoms with Crippen LogP contribution in [0.4, 0.5) is 35.5 Å². The lowest BCUT2D eigenvalue weighted by atomic mass is 9.92. The SMILES string of the molecule is COc1ccc2cc3[n+](cc2c1OC(=O)N(C)CCNC(=O)OCCCOc1ccc2cc(COC(=O)Nc4ccc(COC(=O)N(C)CCN(C)C(=O)n5ccc6c(N(C)[C@@H]7CN(C(=O)CC#N)CC[C@@H]7C)ncnc65)cc4)ccc2c1)CCc1cc2c(cc1-3)OCO2. The summed E-state index contributed by atoms with van der Waals surface area (Å²) >= 11 is 0. The van der Waals surface area contributed by atoms with Gasteiger partial charge >= 0.3 is 30.4 Å². The van der Waals surface area contributed by atoms with Gasteiger partial charge in [0.2, 0.25) is 18.4 Å². The van der Waals surface area contributed by atoms with E-state index in [4.69, 9.17) is 43.2 Å². The molecule has 0 spiro atoms. The highest BCUT2D eigenvalue weighted by molar-refractivity contribution is 5.96. The lowest BCUT2D eigenvalue weighted by Crippen LogP contribution is -2.52. The first-order valence-corrected chi connectivity index (χ1v) is 30.8. The van der Waals surface area contributed by atoms with Gasteiger partial charge in [-0.1, -0.05) is 37.3 Å². The molecule has 1 saturated heterocycles. The molecule has 0 bridgehead atoms. The molecule has 94 heavy (non-hydrogen) atoms. The van der Waals surface area contributed by atoms with E-state index in [9.17, 15) is 28.8 Å². The molecular formula is C68H73N12O14+. The molecule has 8 aromatic rings. The number of nitriles is 1. The normalized spacial score (nSPS) is 14.4. The highest BCUT2D eigenvalue weighted by atomic mass is 16.7. The van der Waals surface area contributed by atoms with E-state index in [1.165, 1.54) is 38.3 Å². The monoisotopic (exact) mass is 1280 g/mol. The van der Waals surface area contributed by atoms with Crippen LogP contribution in [-0.4, -0.2) is 171 Å². The number of methoxy groups -OCH3 is 1. The fraction of sp³-hybridized carbons (Fsp3) is 0.353. The van der Waals surface area contributed by atoms with Gasteiger partial charge in [0.15, 0.2) is 41.4 Å². The summed E-state index contributed by atoms with van der Waals surface area (Å²) in [6.07, 6.45) is 4.36. The first-order valence-electron chi connectivity index (χ1n) is 30.8. The number of fused-ring (bicyclic) bond motifs is 7. The van der Waals surface area contributed by atoms with E-state index in [1.54, 1.807) is 68.6 Å². The van der Waals surface area contributed by atoms with Crippen molar-refractivity contribution in [2.45, 2.75) is 58.4 Å². The lowest BCUT2D eigenvalue weighted by Gasteiger charge is -2.42.